The van der Waals surface area contributed by atoms with Gasteiger partial charge in [0, 0.05) is 12.0 Å². The molecule has 0 unspecified atom stereocenters. The SMILES string of the molecule is CCc1nc(Cl)c(C)c(-c2ccc(Cl)s2)n1. The molecule has 2 heterocycles. The topological polar surface area (TPSA) is 25.8 Å². The molecule has 0 aromatic carbocycles. The van der Waals surface area contributed by atoms with Crippen molar-refractivity contribution in [3.05, 3.63) is 33.0 Å². The second-order valence-corrected chi connectivity index (χ2v) is 5.43. The number of hydrogen-bond donors (Lipinski definition) is 0. The lowest BCUT2D eigenvalue weighted by Gasteiger charge is -2.06. The zero-order valence-corrected chi connectivity index (χ0v) is 11.2. The number of nitrogens with zero attached hydrogens (tertiary/aromatic N) is 2. The molecular formula is C11H10Cl2N2S. The van der Waals surface area contributed by atoms with Crippen LogP contribution in [0.4, 0.5) is 0 Å². The minimum atomic E-state index is 0.520. The molecule has 0 aliphatic heterocycles. The summed E-state index contributed by atoms with van der Waals surface area (Å²) in [6, 6.07) is 3.82. The minimum absolute atomic E-state index is 0.520. The van der Waals surface area contributed by atoms with Crippen molar-refractivity contribution in [2.75, 3.05) is 0 Å². The van der Waals surface area contributed by atoms with Gasteiger partial charge in [0.25, 0.3) is 0 Å². The molecule has 2 nitrogen and oxygen atoms in total. The van der Waals surface area contributed by atoms with Crippen LogP contribution in [0.1, 0.15) is 18.3 Å². The lowest BCUT2D eigenvalue weighted by molar-refractivity contribution is 0.935. The van der Waals surface area contributed by atoms with E-state index in [-0.39, 0.29) is 0 Å². The molecule has 0 N–H and O–H groups in total. The molecule has 0 fully saturated rings. The molecule has 2 rings (SSSR count). The van der Waals surface area contributed by atoms with E-state index < -0.39 is 0 Å². The molecule has 84 valence electrons. The van der Waals surface area contributed by atoms with Crippen LogP contribution in [0.15, 0.2) is 12.1 Å². The fourth-order valence-corrected chi connectivity index (χ4v) is 2.65. The Bertz CT molecular complexity index is 523. The molecule has 5 heteroatoms. The van der Waals surface area contributed by atoms with Crippen LogP contribution >= 0.6 is 34.5 Å². The van der Waals surface area contributed by atoms with Gasteiger partial charge in [-0.2, -0.15) is 0 Å². The Morgan fingerprint density at radius 2 is 2.00 bits per heavy atom. The van der Waals surface area contributed by atoms with Crippen molar-refractivity contribution in [3.63, 3.8) is 0 Å². The molecule has 0 saturated heterocycles. The van der Waals surface area contributed by atoms with Crippen molar-refractivity contribution >= 4 is 34.5 Å². The smallest absolute Gasteiger partial charge is 0.136 e. The first kappa shape index (κ1) is 11.8. The summed E-state index contributed by atoms with van der Waals surface area (Å²) in [6.45, 7) is 3.93. The fourth-order valence-electron chi connectivity index (χ4n) is 1.37. The first-order valence-electron chi connectivity index (χ1n) is 4.90. The van der Waals surface area contributed by atoms with E-state index in [0.717, 1.165) is 32.7 Å². The molecule has 0 amide bonds. The maximum Gasteiger partial charge on any atom is 0.136 e. The van der Waals surface area contributed by atoms with Crippen LogP contribution in [-0.4, -0.2) is 9.97 Å². The van der Waals surface area contributed by atoms with Gasteiger partial charge in [0.05, 0.1) is 14.9 Å². The van der Waals surface area contributed by atoms with Crippen LogP contribution in [0, 0.1) is 6.92 Å². The molecule has 2 aromatic rings. The summed E-state index contributed by atoms with van der Waals surface area (Å²) in [4.78, 5) is 9.73. The normalized spacial score (nSPS) is 10.8. The van der Waals surface area contributed by atoms with Crippen molar-refractivity contribution < 1.29 is 0 Å². The molecule has 0 spiro atoms. The largest absolute Gasteiger partial charge is 0.232 e. The van der Waals surface area contributed by atoms with E-state index in [9.17, 15) is 0 Å². The average Bonchev–Trinajstić information content (AvgIpc) is 2.68. The van der Waals surface area contributed by atoms with Crippen LogP contribution in [0.2, 0.25) is 9.49 Å². The van der Waals surface area contributed by atoms with Crippen LogP contribution in [0.3, 0.4) is 0 Å². The molecule has 0 aliphatic rings. The predicted molar refractivity (Wildman–Crippen MR) is 69.5 cm³/mol. The van der Waals surface area contributed by atoms with Gasteiger partial charge >= 0.3 is 0 Å². The Morgan fingerprint density at radius 1 is 1.25 bits per heavy atom. The second kappa shape index (κ2) is 4.70. The van der Waals surface area contributed by atoms with Crippen LogP contribution in [-0.2, 0) is 6.42 Å². The summed E-state index contributed by atoms with van der Waals surface area (Å²) in [7, 11) is 0. The Hall–Kier alpha value is -0.640. The van der Waals surface area contributed by atoms with Crippen molar-refractivity contribution in [1.29, 1.82) is 0 Å². The van der Waals surface area contributed by atoms with E-state index in [4.69, 9.17) is 23.2 Å². The maximum atomic E-state index is 6.07. The molecular weight excluding hydrogens is 263 g/mol. The minimum Gasteiger partial charge on any atom is -0.232 e. The average molecular weight is 273 g/mol. The number of rotatable bonds is 2. The highest BCUT2D eigenvalue weighted by atomic mass is 35.5. The first-order valence-corrected chi connectivity index (χ1v) is 6.47. The monoisotopic (exact) mass is 272 g/mol. The summed E-state index contributed by atoms with van der Waals surface area (Å²) < 4.78 is 0.752. The van der Waals surface area contributed by atoms with Crippen molar-refractivity contribution in [1.82, 2.24) is 9.97 Å². The van der Waals surface area contributed by atoms with Crippen LogP contribution in [0.25, 0.3) is 10.6 Å². The molecule has 0 atom stereocenters. The highest BCUT2D eigenvalue weighted by molar-refractivity contribution is 7.19. The Labute approximate surface area is 108 Å². The molecule has 0 bridgehead atoms. The van der Waals surface area contributed by atoms with Crippen LogP contribution in [0.5, 0.6) is 0 Å². The van der Waals surface area contributed by atoms with Gasteiger partial charge in [-0.15, -0.1) is 11.3 Å². The van der Waals surface area contributed by atoms with E-state index in [2.05, 4.69) is 9.97 Å². The van der Waals surface area contributed by atoms with Gasteiger partial charge in [-0.3, -0.25) is 0 Å². The number of hydrogen-bond acceptors (Lipinski definition) is 3. The lowest BCUT2D eigenvalue weighted by Crippen LogP contribution is -1.98. The summed E-state index contributed by atoms with van der Waals surface area (Å²) >= 11 is 13.5. The van der Waals surface area contributed by atoms with Gasteiger partial charge < -0.3 is 0 Å². The zero-order valence-electron chi connectivity index (χ0n) is 8.92. The van der Waals surface area contributed by atoms with E-state index >= 15 is 0 Å². The van der Waals surface area contributed by atoms with Crippen LogP contribution < -0.4 is 0 Å². The van der Waals surface area contributed by atoms with E-state index in [0.29, 0.717) is 5.15 Å². The summed E-state index contributed by atoms with van der Waals surface area (Å²) in [6.07, 6.45) is 0.770. The highest BCUT2D eigenvalue weighted by Gasteiger charge is 2.12. The third kappa shape index (κ3) is 2.21. The van der Waals surface area contributed by atoms with E-state index in [1.807, 2.05) is 26.0 Å². The predicted octanol–water partition coefficient (Wildman–Crippen LogP) is 4.38. The standard InChI is InChI=1S/C11H10Cl2N2S/c1-3-9-14-10(6(2)11(13)15-9)7-4-5-8(12)16-7/h4-5H,3H2,1-2H3. The summed E-state index contributed by atoms with van der Waals surface area (Å²) in [5.41, 5.74) is 1.78. The highest BCUT2D eigenvalue weighted by Crippen LogP contribution is 2.33. The fraction of sp³-hybridized carbons (Fsp3) is 0.273. The van der Waals surface area contributed by atoms with Crippen molar-refractivity contribution in [2.24, 2.45) is 0 Å². The van der Waals surface area contributed by atoms with Gasteiger partial charge in [-0.05, 0) is 19.1 Å². The van der Waals surface area contributed by atoms with Gasteiger partial charge in [0.2, 0.25) is 0 Å². The summed E-state index contributed by atoms with van der Waals surface area (Å²) in [5.74, 6) is 0.759. The third-order valence-electron chi connectivity index (χ3n) is 2.26. The number of thiophene rings is 1. The Balaban J connectivity index is 2.59. The maximum absolute atomic E-state index is 6.07. The Kier molecular flexibility index (Phi) is 3.47. The molecule has 0 saturated carbocycles. The third-order valence-corrected chi connectivity index (χ3v) is 3.86. The number of aryl methyl sites for hydroxylation is 1. The Morgan fingerprint density at radius 3 is 2.56 bits per heavy atom. The van der Waals surface area contributed by atoms with Gasteiger partial charge in [0.15, 0.2) is 0 Å². The quantitative estimate of drug-likeness (QED) is 0.759. The number of halogens is 2. The van der Waals surface area contributed by atoms with Gasteiger partial charge in [0.1, 0.15) is 11.0 Å². The zero-order chi connectivity index (χ0) is 11.7. The molecule has 16 heavy (non-hydrogen) atoms. The molecule has 2 aromatic heterocycles. The number of aromatic nitrogens is 2. The van der Waals surface area contributed by atoms with Gasteiger partial charge in [-0.1, -0.05) is 30.1 Å². The van der Waals surface area contributed by atoms with Gasteiger partial charge in [-0.25, -0.2) is 9.97 Å². The van der Waals surface area contributed by atoms with E-state index in [1.165, 1.54) is 11.3 Å². The molecule has 0 radical (unpaired) electrons. The van der Waals surface area contributed by atoms with Crippen molar-refractivity contribution in [3.8, 4) is 10.6 Å². The van der Waals surface area contributed by atoms with Crippen molar-refractivity contribution in [2.45, 2.75) is 20.3 Å². The van der Waals surface area contributed by atoms with E-state index in [1.54, 1.807) is 0 Å². The molecule has 0 aliphatic carbocycles. The second-order valence-electron chi connectivity index (χ2n) is 3.36. The first-order chi connectivity index (χ1) is 7.61. The lowest BCUT2D eigenvalue weighted by atomic mass is 10.2. The summed E-state index contributed by atoms with van der Waals surface area (Å²) in [5, 5.41) is 0.520.